The lowest BCUT2D eigenvalue weighted by Crippen LogP contribution is -2.21. The second-order valence-electron chi connectivity index (χ2n) is 6.65. The molecule has 0 radical (unpaired) electrons. The van der Waals surface area contributed by atoms with Gasteiger partial charge in [0.05, 0.1) is 24.7 Å². The van der Waals surface area contributed by atoms with Crippen molar-refractivity contribution in [2.24, 2.45) is 5.10 Å². The molecule has 0 atom stereocenters. The number of hydrogen-bond acceptors (Lipinski definition) is 5. The number of para-hydroxylation sites is 2. The van der Waals surface area contributed by atoms with E-state index in [1.807, 2.05) is 54.6 Å². The first-order chi connectivity index (χ1) is 15.2. The van der Waals surface area contributed by atoms with E-state index in [4.69, 9.17) is 4.74 Å². The Morgan fingerprint density at radius 3 is 2.45 bits per heavy atom. The van der Waals surface area contributed by atoms with Gasteiger partial charge in [-0.25, -0.2) is 10.1 Å². The van der Waals surface area contributed by atoms with Crippen LogP contribution in [-0.4, -0.2) is 34.1 Å². The van der Waals surface area contributed by atoms with Crippen molar-refractivity contribution in [3.63, 3.8) is 0 Å². The molecule has 0 aliphatic rings. The third kappa shape index (κ3) is 4.45. The highest BCUT2D eigenvalue weighted by Gasteiger charge is 2.17. The van der Waals surface area contributed by atoms with Gasteiger partial charge in [-0.05, 0) is 54.6 Å². The summed E-state index contributed by atoms with van der Waals surface area (Å²) in [6, 6.07) is 25.3. The summed E-state index contributed by atoms with van der Waals surface area (Å²) in [4.78, 5) is 12.9. The third-order valence-corrected chi connectivity index (χ3v) is 4.64. The molecule has 154 valence electrons. The molecule has 1 heterocycles. The number of carbonyl (C=O) groups is 1. The Labute approximate surface area is 179 Å². The maximum Gasteiger partial charge on any atom is 0.290 e. The highest BCUT2D eigenvalue weighted by atomic mass is 16.5. The topological polar surface area (TPSA) is 88.7 Å². The zero-order valence-electron chi connectivity index (χ0n) is 16.8. The molecule has 0 saturated heterocycles. The molecule has 0 spiro atoms. The fraction of sp³-hybridized carbons (Fsp3) is 0.0417. The Morgan fingerprint density at radius 2 is 1.74 bits per heavy atom. The van der Waals surface area contributed by atoms with Crippen LogP contribution in [0, 0.1) is 0 Å². The number of nitrogens with one attached hydrogen (secondary N) is 1. The zero-order chi connectivity index (χ0) is 21.6. The lowest BCUT2D eigenvalue weighted by molar-refractivity contribution is 0.0947. The van der Waals surface area contributed by atoms with E-state index in [0.717, 1.165) is 17.0 Å². The maximum absolute atomic E-state index is 12.9. The minimum Gasteiger partial charge on any atom is -0.507 e. The molecule has 4 rings (SSSR count). The standard InChI is InChI=1S/C24H20N4O3/c1-31-20-13-11-17(12-14-20)21-15-22(28(27-21)19-8-3-2-4-9-19)24(30)26-25-16-18-7-5-6-10-23(18)29/h2-16,29H,1H3,(H,26,30)/b25-16-. The third-order valence-electron chi connectivity index (χ3n) is 4.64. The summed E-state index contributed by atoms with van der Waals surface area (Å²) in [6.45, 7) is 0. The van der Waals surface area contributed by atoms with Crippen LogP contribution in [0.1, 0.15) is 16.1 Å². The van der Waals surface area contributed by atoms with Crippen LogP contribution < -0.4 is 10.2 Å². The molecule has 2 N–H and O–H groups in total. The predicted octanol–water partition coefficient (Wildman–Crippen LogP) is 4.02. The molecule has 0 aliphatic carbocycles. The molecule has 1 aromatic heterocycles. The van der Waals surface area contributed by atoms with E-state index in [-0.39, 0.29) is 5.75 Å². The molecular weight excluding hydrogens is 392 g/mol. The van der Waals surface area contributed by atoms with Crippen LogP contribution in [0.2, 0.25) is 0 Å². The molecule has 4 aromatic rings. The number of nitrogens with zero attached hydrogens (tertiary/aromatic N) is 3. The van der Waals surface area contributed by atoms with Crippen molar-refractivity contribution in [2.45, 2.75) is 0 Å². The summed E-state index contributed by atoms with van der Waals surface area (Å²) in [5.41, 5.74) is 5.57. The van der Waals surface area contributed by atoms with Crippen LogP contribution in [0.3, 0.4) is 0 Å². The van der Waals surface area contributed by atoms with Gasteiger partial charge in [0.25, 0.3) is 5.91 Å². The van der Waals surface area contributed by atoms with Crippen LogP contribution >= 0.6 is 0 Å². The van der Waals surface area contributed by atoms with Crippen LogP contribution in [0.4, 0.5) is 0 Å². The number of methoxy groups -OCH3 is 1. The monoisotopic (exact) mass is 412 g/mol. The minimum absolute atomic E-state index is 0.0802. The maximum atomic E-state index is 12.9. The van der Waals surface area contributed by atoms with Gasteiger partial charge in [-0.2, -0.15) is 10.2 Å². The van der Waals surface area contributed by atoms with E-state index < -0.39 is 5.91 Å². The van der Waals surface area contributed by atoms with Gasteiger partial charge < -0.3 is 9.84 Å². The highest BCUT2D eigenvalue weighted by molar-refractivity contribution is 5.95. The fourth-order valence-corrected chi connectivity index (χ4v) is 3.03. The Bertz CT molecular complexity index is 1220. The second kappa shape index (κ2) is 8.96. The summed E-state index contributed by atoms with van der Waals surface area (Å²) in [5.74, 6) is 0.391. The van der Waals surface area contributed by atoms with Gasteiger partial charge in [0.2, 0.25) is 0 Å². The van der Waals surface area contributed by atoms with Gasteiger partial charge in [0, 0.05) is 11.1 Å². The number of benzene rings is 3. The molecule has 0 aliphatic heterocycles. The molecule has 0 fully saturated rings. The SMILES string of the molecule is COc1ccc(-c2cc(C(=O)N/N=C\c3ccccc3O)n(-c3ccccc3)n2)cc1. The number of aromatic nitrogens is 2. The molecule has 0 bridgehead atoms. The Kier molecular flexibility index (Phi) is 5.75. The van der Waals surface area contributed by atoms with Crippen molar-refractivity contribution in [2.75, 3.05) is 7.11 Å². The number of ether oxygens (including phenoxy) is 1. The molecule has 0 unspecified atom stereocenters. The predicted molar refractivity (Wildman–Crippen MR) is 119 cm³/mol. The number of phenols is 1. The lowest BCUT2D eigenvalue weighted by atomic mass is 10.1. The number of carbonyl (C=O) groups excluding carboxylic acids is 1. The number of aromatic hydroxyl groups is 1. The van der Waals surface area contributed by atoms with Crippen LogP contribution in [0.25, 0.3) is 16.9 Å². The van der Waals surface area contributed by atoms with E-state index in [2.05, 4.69) is 15.6 Å². The summed E-state index contributed by atoms with van der Waals surface area (Å²) in [7, 11) is 1.61. The quantitative estimate of drug-likeness (QED) is 0.370. The summed E-state index contributed by atoms with van der Waals surface area (Å²) >= 11 is 0. The Morgan fingerprint density at radius 1 is 1.03 bits per heavy atom. The summed E-state index contributed by atoms with van der Waals surface area (Å²) < 4.78 is 6.78. The fourth-order valence-electron chi connectivity index (χ4n) is 3.03. The highest BCUT2D eigenvalue weighted by Crippen LogP contribution is 2.24. The van der Waals surface area contributed by atoms with Gasteiger partial charge in [0.15, 0.2) is 0 Å². The van der Waals surface area contributed by atoms with Gasteiger partial charge in [0.1, 0.15) is 17.2 Å². The number of hydrogen-bond donors (Lipinski definition) is 2. The normalized spacial score (nSPS) is 10.9. The molecule has 7 heteroatoms. The van der Waals surface area contributed by atoms with Gasteiger partial charge in [-0.1, -0.05) is 30.3 Å². The van der Waals surface area contributed by atoms with Crippen molar-refractivity contribution in [1.82, 2.24) is 15.2 Å². The molecule has 0 saturated carbocycles. The van der Waals surface area contributed by atoms with E-state index in [1.54, 1.807) is 42.1 Å². The van der Waals surface area contributed by atoms with Crippen molar-refractivity contribution in [3.8, 4) is 28.4 Å². The number of amides is 1. The number of rotatable bonds is 6. The van der Waals surface area contributed by atoms with E-state index in [9.17, 15) is 9.90 Å². The van der Waals surface area contributed by atoms with Crippen molar-refractivity contribution >= 4 is 12.1 Å². The van der Waals surface area contributed by atoms with Crippen LogP contribution in [-0.2, 0) is 0 Å². The second-order valence-corrected chi connectivity index (χ2v) is 6.65. The van der Waals surface area contributed by atoms with Gasteiger partial charge >= 0.3 is 0 Å². The number of phenolic OH excluding ortho intramolecular Hbond substituents is 1. The first-order valence-electron chi connectivity index (χ1n) is 9.57. The largest absolute Gasteiger partial charge is 0.507 e. The van der Waals surface area contributed by atoms with Crippen molar-refractivity contribution < 1.29 is 14.6 Å². The van der Waals surface area contributed by atoms with Gasteiger partial charge in [-0.3, -0.25) is 4.79 Å². The van der Waals surface area contributed by atoms with Gasteiger partial charge in [-0.15, -0.1) is 0 Å². The number of hydrazone groups is 1. The van der Waals surface area contributed by atoms with Crippen molar-refractivity contribution in [3.05, 3.63) is 96.2 Å². The van der Waals surface area contributed by atoms with E-state index in [1.165, 1.54) is 6.21 Å². The molecule has 1 amide bonds. The molecule has 7 nitrogen and oxygen atoms in total. The molecule has 3 aromatic carbocycles. The summed E-state index contributed by atoms with van der Waals surface area (Å²) in [6.07, 6.45) is 1.39. The smallest absolute Gasteiger partial charge is 0.290 e. The lowest BCUT2D eigenvalue weighted by Gasteiger charge is -2.06. The minimum atomic E-state index is -0.428. The van der Waals surface area contributed by atoms with Crippen LogP contribution in [0.5, 0.6) is 11.5 Å². The molecule has 31 heavy (non-hydrogen) atoms. The zero-order valence-corrected chi connectivity index (χ0v) is 16.8. The van der Waals surface area contributed by atoms with E-state index in [0.29, 0.717) is 17.0 Å². The average molecular weight is 412 g/mol. The van der Waals surface area contributed by atoms with Crippen LogP contribution in [0.15, 0.2) is 90.0 Å². The summed E-state index contributed by atoms with van der Waals surface area (Å²) in [5, 5.41) is 18.4. The van der Waals surface area contributed by atoms with E-state index >= 15 is 0 Å². The Balaban J connectivity index is 1.65. The Hall–Kier alpha value is -4.39. The first-order valence-corrected chi connectivity index (χ1v) is 9.57. The average Bonchev–Trinajstić information content (AvgIpc) is 3.26. The molecular formula is C24H20N4O3. The van der Waals surface area contributed by atoms with Crippen molar-refractivity contribution in [1.29, 1.82) is 0 Å². The first kappa shape index (κ1) is 19.9.